The molecule has 2 aliphatic heterocycles. The number of ether oxygens (including phenoxy) is 1. The third-order valence-electron chi connectivity index (χ3n) is 4.41. The Morgan fingerprint density at radius 1 is 1.38 bits per heavy atom. The van der Waals surface area contributed by atoms with Gasteiger partial charge in [-0.2, -0.15) is 0 Å². The number of hydrogen-bond donors (Lipinski definition) is 1. The van der Waals surface area contributed by atoms with E-state index in [2.05, 4.69) is 17.1 Å². The number of hydrogen-bond acceptors (Lipinski definition) is 3. The molecule has 0 spiro atoms. The molecule has 21 heavy (non-hydrogen) atoms. The SMILES string of the molecule is CCCN(C(=O)c1ccc2c(c1)CCO2)C1CCNCC1. The zero-order valence-corrected chi connectivity index (χ0v) is 12.7. The number of piperidine rings is 1. The van der Waals surface area contributed by atoms with E-state index in [9.17, 15) is 4.79 Å². The van der Waals surface area contributed by atoms with Crippen molar-refractivity contribution in [1.29, 1.82) is 0 Å². The summed E-state index contributed by atoms with van der Waals surface area (Å²) in [4.78, 5) is 15.0. The number of fused-ring (bicyclic) bond motifs is 1. The van der Waals surface area contributed by atoms with Crippen LogP contribution in [0.15, 0.2) is 18.2 Å². The average Bonchev–Trinajstić information content (AvgIpc) is 3.00. The maximum absolute atomic E-state index is 12.9. The van der Waals surface area contributed by atoms with Crippen LogP contribution >= 0.6 is 0 Å². The minimum atomic E-state index is 0.179. The highest BCUT2D eigenvalue weighted by Crippen LogP contribution is 2.27. The van der Waals surface area contributed by atoms with Crippen LogP contribution in [-0.2, 0) is 6.42 Å². The first-order chi connectivity index (χ1) is 10.3. The lowest BCUT2D eigenvalue weighted by Crippen LogP contribution is -2.46. The Kier molecular flexibility index (Phi) is 4.44. The van der Waals surface area contributed by atoms with Crippen LogP contribution in [0.5, 0.6) is 5.75 Å². The molecule has 0 unspecified atom stereocenters. The van der Waals surface area contributed by atoms with Gasteiger partial charge in [0.2, 0.25) is 0 Å². The Bertz CT molecular complexity index is 510. The monoisotopic (exact) mass is 288 g/mol. The number of nitrogens with zero attached hydrogens (tertiary/aromatic N) is 1. The Morgan fingerprint density at radius 2 is 2.19 bits per heavy atom. The van der Waals surface area contributed by atoms with Gasteiger partial charge in [0.25, 0.3) is 5.91 Å². The molecule has 4 heteroatoms. The average molecular weight is 288 g/mol. The molecule has 114 valence electrons. The van der Waals surface area contributed by atoms with Gasteiger partial charge in [-0.25, -0.2) is 0 Å². The molecule has 1 N–H and O–H groups in total. The maximum atomic E-state index is 12.9. The molecule has 0 aromatic heterocycles. The Morgan fingerprint density at radius 3 is 2.95 bits per heavy atom. The molecule has 1 aromatic carbocycles. The fourth-order valence-electron chi connectivity index (χ4n) is 3.29. The van der Waals surface area contributed by atoms with Gasteiger partial charge in [0.15, 0.2) is 0 Å². The van der Waals surface area contributed by atoms with Crippen molar-refractivity contribution >= 4 is 5.91 Å². The molecular weight excluding hydrogens is 264 g/mol. The molecule has 1 aromatic rings. The first kappa shape index (κ1) is 14.4. The lowest BCUT2D eigenvalue weighted by Gasteiger charge is -2.34. The standard InChI is InChI=1S/C17H24N2O2/c1-2-10-19(15-5-8-18-9-6-15)17(20)14-3-4-16-13(12-14)7-11-21-16/h3-4,12,15,18H,2,5-11H2,1H3. The van der Waals surface area contributed by atoms with Crippen molar-refractivity contribution in [2.45, 2.75) is 38.6 Å². The molecule has 4 nitrogen and oxygen atoms in total. The molecule has 2 aliphatic rings. The highest BCUT2D eigenvalue weighted by molar-refractivity contribution is 5.95. The van der Waals surface area contributed by atoms with Crippen LogP contribution < -0.4 is 10.1 Å². The fraction of sp³-hybridized carbons (Fsp3) is 0.588. The lowest BCUT2D eigenvalue weighted by atomic mass is 10.0. The van der Waals surface area contributed by atoms with Crippen molar-refractivity contribution in [2.24, 2.45) is 0 Å². The lowest BCUT2D eigenvalue weighted by molar-refractivity contribution is 0.0642. The van der Waals surface area contributed by atoms with Gasteiger partial charge < -0.3 is 15.0 Å². The number of nitrogens with one attached hydrogen (secondary N) is 1. The van der Waals surface area contributed by atoms with Crippen LogP contribution in [-0.4, -0.2) is 43.1 Å². The van der Waals surface area contributed by atoms with Crippen molar-refractivity contribution in [1.82, 2.24) is 10.2 Å². The van der Waals surface area contributed by atoms with Crippen molar-refractivity contribution in [2.75, 3.05) is 26.2 Å². The van der Waals surface area contributed by atoms with Crippen molar-refractivity contribution in [3.8, 4) is 5.75 Å². The van der Waals surface area contributed by atoms with Crippen LogP contribution in [0, 0.1) is 0 Å². The van der Waals surface area contributed by atoms with E-state index in [0.717, 1.165) is 63.2 Å². The molecule has 2 heterocycles. The van der Waals surface area contributed by atoms with Crippen LogP contribution in [0.4, 0.5) is 0 Å². The van der Waals surface area contributed by atoms with Gasteiger partial charge in [0.05, 0.1) is 6.61 Å². The highest BCUT2D eigenvalue weighted by atomic mass is 16.5. The second kappa shape index (κ2) is 6.48. The molecule has 1 saturated heterocycles. The van der Waals surface area contributed by atoms with Gasteiger partial charge in [-0.05, 0) is 56.1 Å². The molecule has 0 bridgehead atoms. The summed E-state index contributed by atoms with van der Waals surface area (Å²) >= 11 is 0. The minimum absolute atomic E-state index is 0.179. The van der Waals surface area contributed by atoms with E-state index < -0.39 is 0 Å². The van der Waals surface area contributed by atoms with Crippen LogP contribution in [0.3, 0.4) is 0 Å². The molecule has 0 aliphatic carbocycles. The topological polar surface area (TPSA) is 41.6 Å². The van der Waals surface area contributed by atoms with Gasteiger partial charge in [-0.15, -0.1) is 0 Å². The summed E-state index contributed by atoms with van der Waals surface area (Å²) in [5, 5.41) is 3.37. The summed E-state index contributed by atoms with van der Waals surface area (Å²) < 4.78 is 5.52. The largest absolute Gasteiger partial charge is 0.493 e. The van der Waals surface area contributed by atoms with Crippen LogP contribution in [0.25, 0.3) is 0 Å². The third kappa shape index (κ3) is 3.05. The third-order valence-corrected chi connectivity index (χ3v) is 4.41. The first-order valence-electron chi connectivity index (χ1n) is 8.07. The van der Waals surface area contributed by atoms with Gasteiger partial charge in [0.1, 0.15) is 5.75 Å². The van der Waals surface area contributed by atoms with Gasteiger partial charge in [-0.3, -0.25) is 4.79 Å². The summed E-state index contributed by atoms with van der Waals surface area (Å²) in [6.45, 7) is 5.74. The maximum Gasteiger partial charge on any atom is 0.254 e. The van der Waals surface area contributed by atoms with Gasteiger partial charge in [0, 0.05) is 24.6 Å². The van der Waals surface area contributed by atoms with E-state index in [4.69, 9.17) is 4.74 Å². The molecule has 1 fully saturated rings. The molecule has 0 radical (unpaired) electrons. The Balaban J connectivity index is 1.79. The fourth-order valence-corrected chi connectivity index (χ4v) is 3.29. The number of carbonyl (C=O) groups is 1. The molecular formula is C17H24N2O2. The second-order valence-corrected chi connectivity index (χ2v) is 5.90. The van der Waals surface area contributed by atoms with E-state index in [-0.39, 0.29) is 5.91 Å². The quantitative estimate of drug-likeness (QED) is 0.923. The van der Waals surface area contributed by atoms with Crippen LogP contribution in [0.2, 0.25) is 0 Å². The normalized spacial score (nSPS) is 18.1. The Hall–Kier alpha value is -1.55. The predicted octanol–water partition coefficient (Wildman–Crippen LogP) is 2.23. The second-order valence-electron chi connectivity index (χ2n) is 5.90. The summed E-state index contributed by atoms with van der Waals surface area (Å²) in [6.07, 6.45) is 4.03. The molecule has 0 saturated carbocycles. The van der Waals surface area contributed by atoms with Gasteiger partial charge in [-0.1, -0.05) is 6.92 Å². The van der Waals surface area contributed by atoms with Gasteiger partial charge >= 0.3 is 0 Å². The highest BCUT2D eigenvalue weighted by Gasteiger charge is 2.26. The van der Waals surface area contributed by atoms with Crippen molar-refractivity contribution in [3.63, 3.8) is 0 Å². The van der Waals surface area contributed by atoms with E-state index in [1.165, 1.54) is 5.56 Å². The molecule has 1 amide bonds. The summed E-state index contributed by atoms with van der Waals surface area (Å²) in [5.74, 6) is 1.12. The minimum Gasteiger partial charge on any atom is -0.493 e. The Labute approximate surface area is 126 Å². The summed E-state index contributed by atoms with van der Waals surface area (Å²) in [7, 11) is 0. The number of amides is 1. The summed E-state index contributed by atoms with van der Waals surface area (Å²) in [5.41, 5.74) is 1.98. The summed E-state index contributed by atoms with van der Waals surface area (Å²) in [6, 6.07) is 6.26. The van der Waals surface area contributed by atoms with E-state index in [0.29, 0.717) is 6.04 Å². The number of benzene rings is 1. The smallest absolute Gasteiger partial charge is 0.254 e. The zero-order valence-electron chi connectivity index (χ0n) is 12.7. The van der Waals surface area contributed by atoms with Crippen molar-refractivity contribution in [3.05, 3.63) is 29.3 Å². The molecule has 0 atom stereocenters. The van der Waals surface area contributed by atoms with E-state index in [1.54, 1.807) is 0 Å². The van der Waals surface area contributed by atoms with Crippen LogP contribution in [0.1, 0.15) is 42.1 Å². The predicted molar refractivity (Wildman–Crippen MR) is 82.9 cm³/mol. The van der Waals surface area contributed by atoms with E-state index in [1.807, 2.05) is 18.2 Å². The molecule has 3 rings (SSSR count). The van der Waals surface area contributed by atoms with Crippen molar-refractivity contribution < 1.29 is 9.53 Å². The number of rotatable bonds is 4. The van der Waals surface area contributed by atoms with E-state index >= 15 is 0 Å². The zero-order chi connectivity index (χ0) is 14.7. The first-order valence-corrected chi connectivity index (χ1v) is 8.07. The number of carbonyl (C=O) groups excluding carboxylic acids is 1.